The molecular formula is C30H17Br3FN3O3. The first-order chi connectivity index (χ1) is 19.4. The summed E-state index contributed by atoms with van der Waals surface area (Å²) in [7, 11) is 0. The number of furan rings is 1. The zero-order valence-corrected chi connectivity index (χ0v) is 25.2. The van der Waals surface area contributed by atoms with Crippen molar-refractivity contribution in [2.45, 2.75) is 6.61 Å². The number of para-hydroxylation sites is 1. The Morgan fingerprint density at radius 3 is 2.48 bits per heavy atom. The van der Waals surface area contributed by atoms with Gasteiger partial charge in [-0.25, -0.2) is 9.37 Å². The number of nitrogens with zero attached hydrogens (tertiary/aromatic N) is 3. The number of aromatic nitrogens is 2. The molecule has 40 heavy (non-hydrogen) atoms. The van der Waals surface area contributed by atoms with Gasteiger partial charge in [-0.15, -0.1) is 0 Å². The fraction of sp³-hybridized carbons (Fsp3) is 0.0333. The molecule has 0 radical (unpaired) electrons. The fourth-order valence-corrected chi connectivity index (χ4v) is 6.00. The molecule has 0 aliphatic carbocycles. The highest BCUT2D eigenvalue weighted by Crippen LogP contribution is 2.35. The molecule has 0 amide bonds. The van der Waals surface area contributed by atoms with E-state index in [1.54, 1.807) is 36.5 Å². The van der Waals surface area contributed by atoms with E-state index in [-0.39, 0.29) is 23.8 Å². The minimum absolute atomic E-state index is 0.264. The van der Waals surface area contributed by atoms with Crippen LogP contribution in [0.2, 0.25) is 0 Å². The zero-order chi connectivity index (χ0) is 27.8. The standard InChI is InChI=1S/C30H17Br3FN3O3/c31-20-7-10-26-19(13-20)14-27(40-26)29-36-25-4-2-1-3-22(25)30(38)37(29)35-15-18-11-23(32)28(24(33)12-18)39-16-17-5-8-21(34)9-6-17/h1-15H,16H2. The Morgan fingerprint density at radius 1 is 0.950 bits per heavy atom. The Balaban J connectivity index is 1.37. The van der Waals surface area contributed by atoms with Crippen molar-refractivity contribution in [2.75, 3.05) is 0 Å². The number of ether oxygens (including phenoxy) is 1. The van der Waals surface area contributed by atoms with Gasteiger partial charge >= 0.3 is 0 Å². The van der Waals surface area contributed by atoms with Crippen molar-refractivity contribution in [1.82, 2.24) is 9.66 Å². The molecule has 10 heteroatoms. The summed E-state index contributed by atoms with van der Waals surface area (Å²) in [6.45, 7) is 0.264. The Bertz CT molecular complexity index is 1960. The average Bonchev–Trinajstić information content (AvgIpc) is 3.36. The molecule has 0 fully saturated rings. The molecule has 0 saturated heterocycles. The van der Waals surface area contributed by atoms with Gasteiger partial charge in [0.2, 0.25) is 5.82 Å². The SMILES string of the molecule is O=c1c2ccccc2nc(-c2cc3cc(Br)ccc3o2)n1N=Cc1cc(Br)c(OCc2ccc(F)cc2)c(Br)c1. The molecule has 6 rings (SSSR count). The second-order valence-electron chi connectivity index (χ2n) is 8.84. The van der Waals surface area contributed by atoms with Gasteiger partial charge in [0.15, 0.2) is 5.76 Å². The van der Waals surface area contributed by atoms with Crippen LogP contribution in [0.3, 0.4) is 0 Å². The molecule has 0 unspecified atom stereocenters. The lowest BCUT2D eigenvalue weighted by molar-refractivity contribution is 0.302. The van der Waals surface area contributed by atoms with Gasteiger partial charge in [0.25, 0.3) is 5.56 Å². The molecule has 6 aromatic rings. The van der Waals surface area contributed by atoms with Gasteiger partial charge in [-0.1, -0.05) is 40.2 Å². The van der Waals surface area contributed by atoms with E-state index in [1.165, 1.54) is 16.8 Å². The molecule has 2 aromatic heterocycles. The van der Waals surface area contributed by atoms with Crippen molar-refractivity contribution >= 4 is 75.9 Å². The Morgan fingerprint density at radius 2 is 1.70 bits per heavy atom. The van der Waals surface area contributed by atoms with Crippen LogP contribution in [0, 0.1) is 5.82 Å². The van der Waals surface area contributed by atoms with Gasteiger partial charge in [-0.05, 0) is 104 Å². The Labute approximate surface area is 252 Å². The normalized spacial score (nSPS) is 11.6. The molecule has 0 aliphatic heterocycles. The minimum Gasteiger partial charge on any atom is -0.487 e. The lowest BCUT2D eigenvalue weighted by Crippen LogP contribution is -2.20. The molecule has 0 bridgehead atoms. The van der Waals surface area contributed by atoms with E-state index in [4.69, 9.17) is 14.1 Å². The lowest BCUT2D eigenvalue weighted by Gasteiger charge is -2.11. The third kappa shape index (κ3) is 5.39. The second kappa shape index (κ2) is 11.1. The maximum absolute atomic E-state index is 13.5. The quantitative estimate of drug-likeness (QED) is 0.161. The highest BCUT2D eigenvalue weighted by molar-refractivity contribution is 9.11. The molecule has 198 valence electrons. The molecule has 6 nitrogen and oxygen atoms in total. The summed E-state index contributed by atoms with van der Waals surface area (Å²) in [6.07, 6.45) is 1.57. The zero-order valence-electron chi connectivity index (χ0n) is 20.4. The van der Waals surface area contributed by atoms with Crippen molar-refractivity contribution in [2.24, 2.45) is 5.10 Å². The summed E-state index contributed by atoms with van der Waals surface area (Å²) in [6, 6.07) is 24.4. The molecule has 2 heterocycles. The number of hydrogen-bond acceptors (Lipinski definition) is 5. The Hall–Kier alpha value is -3.60. The molecule has 0 saturated carbocycles. The van der Waals surface area contributed by atoms with Crippen molar-refractivity contribution < 1.29 is 13.5 Å². The van der Waals surface area contributed by atoms with Gasteiger partial charge in [-0.3, -0.25) is 4.79 Å². The van der Waals surface area contributed by atoms with Crippen molar-refractivity contribution in [3.05, 3.63) is 126 Å². The summed E-state index contributed by atoms with van der Waals surface area (Å²) in [4.78, 5) is 18.3. The van der Waals surface area contributed by atoms with Gasteiger partial charge in [0.05, 0.1) is 26.1 Å². The first kappa shape index (κ1) is 26.6. The third-order valence-electron chi connectivity index (χ3n) is 6.09. The highest BCUT2D eigenvalue weighted by Gasteiger charge is 2.17. The van der Waals surface area contributed by atoms with Gasteiger partial charge in [0, 0.05) is 9.86 Å². The summed E-state index contributed by atoms with van der Waals surface area (Å²) in [5, 5.41) is 5.84. The molecule has 4 aromatic carbocycles. The summed E-state index contributed by atoms with van der Waals surface area (Å²) in [5.74, 6) is 0.983. The minimum atomic E-state index is -0.323. The second-order valence-corrected chi connectivity index (χ2v) is 11.5. The predicted octanol–water partition coefficient (Wildman–Crippen LogP) is 8.70. The van der Waals surface area contributed by atoms with Crippen molar-refractivity contribution in [1.29, 1.82) is 0 Å². The number of benzene rings is 4. The van der Waals surface area contributed by atoms with Crippen LogP contribution < -0.4 is 10.3 Å². The van der Waals surface area contributed by atoms with E-state index in [0.29, 0.717) is 42.5 Å². The molecule has 0 atom stereocenters. The highest BCUT2D eigenvalue weighted by atomic mass is 79.9. The van der Waals surface area contributed by atoms with Gasteiger partial charge < -0.3 is 9.15 Å². The lowest BCUT2D eigenvalue weighted by atomic mass is 10.2. The predicted molar refractivity (Wildman–Crippen MR) is 164 cm³/mol. The van der Waals surface area contributed by atoms with Crippen LogP contribution in [0.5, 0.6) is 5.75 Å². The molecule has 0 aliphatic rings. The number of hydrogen-bond donors (Lipinski definition) is 0. The van der Waals surface area contributed by atoms with Crippen LogP contribution in [-0.4, -0.2) is 15.9 Å². The van der Waals surface area contributed by atoms with Crippen molar-refractivity contribution in [3.63, 3.8) is 0 Å². The monoisotopic (exact) mass is 723 g/mol. The van der Waals surface area contributed by atoms with Gasteiger partial charge in [0.1, 0.15) is 23.8 Å². The van der Waals surface area contributed by atoms with E-state index in [2.05, 4.69) is 52.9 Å². The maximum Gasteiger partial charge on any atom is 0.282 e. The van der Waals surface area contributed by atoms with E-state index in [1.807, 2.05) is 42.5 Å². The number of fused-ring (bicyclic) bond motifs is 2. The molecule has 0 N–H and O–H groups in total. The van der Waals surface area contributed by atoms with Crippen LogP contribution in [0.4, 0.5) is 4.39 Å². The van der Waals surface area contributed by atoms with Crippen LogP contribution in [-0.2, 0) is 6.61 Å². The van der Waals surface area contributed by atoms with Crippen molar-refractivity contribution in [3.8, 4) is 17.3 Å². The van der Waals surface area contributed by atoms with Crippen LogP contribution in [0.15, 0.2) is 113 Å². The fourth-order valence-electron chi connectivity index (χ4n) is 4.17. The van der Waals surface area contributed by atoms with Crippen LogP contribution >= 0.6 is 47.8 Å². The van der Waals surface area contributed by atoms with Gasteiger partial charge in [-0.2, -0.15) is 9.78 Å². The first-order valence-corrected chi connectivity index (χ1v) is 14.4. The van der Waals surface area contributed by atoms with E-state index in [0.717, 1.165) is 15.4 Å². The smallest absolute Gasteiger partial charge is 0.282 e. The third-order valence-corrected chi connectivity index (χ3v) is 7.76. The number of halogens is 4. The van der Waals surface area contributed by atoms with E-state index in [9.17, 15) is 9.18 Å². The largest absolute Gasteiger partial charge is 0.487 e. The summed E-state index contributed by atoms with van der Waals surface area (Å²) in [5.41, 5.74) is 2.42. The first-order valence-electron chi connectivity index (χ1n) is 12.0. The number of rotatable bonds is 6. The summed E-state index contributed by atoms with van der Waals surface area (Å²) >= 11 is 10.6. The van der Waals surface area contributed by atoms with Crippen LogP contribution in [0.25, 0.3) is 33.5 Å². The molecular weight excluding hydrogens is 709 g/mol. The average molecular weight is 726 g/mol. The topological polar surface area (TPSA) is 69.6 Å². The maximum atomic E-state index is 13.5. The van der Waals surface area contributed by atoms with E-state index < -0.39 is 0 Å². The summed E-state index contributed by atoms with van der Waals surface area (Å²) < 4.78 is 28.7. The van der Waals surface area contributed by atoms with E-state index >= 15 is 0 Å². The Kier molecular flexibility index (Phi) is 7.39. The van der Waals surface area contributed by atoms with Crippen LogP contribution in [0.1, 0.15) is 11.1 Å². The molecule has 0 spiro atoms.